The molecule has 4 aliphatic rings. The van der Waals surface area contributed by atoms with Crippen molar-refractivity contribution in [2.75, 3.05) is 31.5 Å². The molecule has 1 aliphatic carbocycles. The number of benzene rings is 1. The number of hydrogen-bond acceptors (Lipinski definition) is 10. The quantitative estimate of drug-likeness (QED) is 0.258. The van der Waals surface area contributed by atoms with E-state index in [1.165, 1.54) is 33.9 Å². The smallest absolute Gasteiger partial charge is 0.416 e. The Labute approximate surface area is 333 Å². The van der Waals surface area contributed by atoms with Crippen LogP contribution < -0.4 is 10.9 Å². The summed E-state index contributed by atoms with van der Waals surface area (Å²) in [7, 11) is 0. The van der Waals surface area contributed by atoms with Crippen molar-refractivity contribution < 1.29 is 50.6 Å². The van der Waals surface area contributed by atoms with Crippen LogP contribution in [0.2, 0.25) is 5.02 Å². The maximum absolute atomic E-state index is 14.4. The van der Waals surface area contributed by atoms with Crippen molar-refractivity contribution in [3.63, 3.8) is 0 Å². The number of aromatic hydroxyl groups is 1. The van der Waals surface area contributed by atoms with Gasteiger partial charge in [0.15, 0.2) is 11.5 Å². The molecule has 1 spiro atoms. The number of nitrogens with zero attached hydrogens (tertiary/aromatic N) is 8. The SMILES string of the molecule is N#CC1(C(=O)N2CC=C(c3nc4n(CC(=O)Nc5ccc(C(F)(F)F)cc5Cl)c5c(c(=O)n4n3)C3(CCN(C(=O)c4ncccc4O)CC3)OC5)CC2)CC1C(F)(F)F. The number of fused-ring (bicyclic) bond motifs is 3. The Bertz CT molecular complexity index is 2580. The van der Waals surface area contributed by atoms with Crippen LogP contribution in [0.15, 0.2) is 47.4 Å². The third-order valence-corrected chi connectivity index (χ3v) is 11.5. The molecule has 22 heteroatoms. The molecule has 3 amide bonds. The number of piperidine rings is 1. The number of rotatable bonds is 6. The van der Waals surface area contributed by atoms with Gasteiger partial charge in [0, 0.05) is 32.4 Å². The zero-order valence-corrected chi connectivity index (χ0v) is 31.2. The predicted molar refractivity (Wildman–Crippen MR) is 191 cm³/mol. The van der Waals surface area contributed by atoms with Crippen LogP contribution in [-0.4, -0.2) is 89.1 Å². The number of pyridine rings is 1. The van der Waals surface area contributed by atoms with Crippen LogP contribution in [0.25, 0.3) is 11.4 Å². The van der Waals surface area contributed by atoms with Gasteiger partial charge in [-0.3, -0.25) is 19.2 Å². The topological polar surface area (TPSA) is 188 Å². The zero-order valence-electron chi connectivity index (χ0n) is 30.4. The lowest BCUT2D eigenvalue weighted by Gasteiger charge is -2.38. The van der Waals surface area contributed by atoms with E-state index in [0.29, 0.717) is 11.6 Å². The Balaban J connectivity index is 1.12. The first-order valence-electron chi connectivity index (χ1n) is 18.1. The highest BCUT2D eigenvalue weighted by atomic mass is 35.5. The zero-order chi connectivity index (χ0) is 42.2. The molecule has 59 heavy (non-hydrogen) atoms. The van der Waals surface area contributed by atoms with E-state index in [4.69, 9.17) is 16.3 Å². The third kappa shape index (κ3) is 6.82. The molecule has 2 fully saturated rings. The van der Waals surface area contributed by atoms with Crippen molar-refractivity contribution in [1.29, 1.82) is 5.26 Å². The summed E-state index contributed by atoms with van der Waals surface area (Å²) in [6.45, 7) is -0.820. The summed E-state index contributed by atoms with van der Waals surface area (Å²) < 4.78 is 88.7. The van der Waals surface area contributed by atoms with Crippen LogP contribution >= 0.6 is 11.6 Å². The van der Waals surface area contributed by atoms with Gasteiger partial charge in [0.1, 0.15) is 23.3 Å². The standard InChI is InChI=1S/C37H30ClF6N9O6/c38-21-14-20(36(39,40)41)3-4-22(21)47-26(55)16-52-23-17-59-35(7-12-50(13-8-35)31(57)28-24(54)2-1-9-46-28)27(23)30(56)53-33(52)48-29(49-53)19-5-10-51(11-6-19)32(58)34(18-45)15-25(34)37(42,43)44/h1-5,9,14,25,54H,6-8,10-13,15-17H2,(H,47,55). The second kappa shape index (κ2) is 14.1. The van der Waals surface area contributed by atoms with Gasteiger partial charge in [-0.1, -0.05) is 17.7 Å². The van der Waals surface area contributed by atoms with Gasteiger partial charge in [-0.15, -0.1) is 5.10 Å². The summed E-state index contributed by atoms with van der Waals surface area (Å²) in [5.74, 6) is -4.72. The molecule has 0 radical (unpaired) electrons. The molecule has 15 nitrogen and oxygen atoms in total. The lowest BCUT2D eigenvalue weighted by atomic mass is 9.85. The molecule has 0 bridgehead atoms. The fourth-order valence-electron chi connectivity index (χ4n) is 8.00. The number of halogens is 7. The maximum atomic E-state index is 14.4. The largest absolute Gasteiger partial charge is 0.505 e. The summed E-state index contributed by atoms with van der Waals surface area (Å²) in [6, 6.07) is 6.76. The molecular formula is C37H30ClF6N9O6. The number of aromatic nitrogens is 5. The summed E-state index contributed by atoms with van der Waals surface area (Å²) >= 11 is 6.10. The van der Waals surface area contributed by atoms with Crippen molar-refractivity contribution in [1.82, 2.24) is 33.9 Å². The molecule has 8 rings (SSSR count). The fraction of sp³-hybridized carbons (Fsp3) is 0.405. The molecule has 2 N–H and O–H groups in total. The number of nitrogens with one attached hydrogen (secondary N) is 1. The van der Waals surface area contributed by atoms with Crippen LogP contribution in [0.1, 0.15) is 58.8 Å². The number of nitriles is 1. The Hall–Kier alpha value is -6.01. The highest BCUT2D eigenvalue weighted by Crippen LogP contribution is 2.61. The maximum Gasteiger partial charge on any atom is 0.416 e. The summed E-state index contributed by atoms with van der Waals surface area (Å²) in [5.41, 5.74) is -4.60. The van der Waals surface area contributed by atoms with Crippen LogP contribution in [0.5, 0.6) is 5.75 Å². The van der Waals surface area contributed by atoms with E-state index in [1.807, 2.05) is 0 Å². The van der Waals surface area contributed by atoms with E-state index >= 15 is 0 Å². The normalized spacial score (nSPS) is 21.3. The molecule has 4 aromatic rings. The van der Waals surface area contributed by atoms with Crippen molar-refractivity contribution in [3.05, 3.63) is 86.3 Å². The molecule has 3 aliphatic heterocycles. The highest BCUT2D eigenvalue weighted by molar-refractivity contribution is 6.33. The van der Waals surface area contributed by atoms with Gasteiger partial charge < -0.3 is 29.5 Å². The van der Waals surface area contributed by atoms with E-state index in [2.05, 4.69) is 20.4 Å². The average Bonchev–Trinajstić information content (AvgIpc) is 3.65. The predicted octanol–water partition coefficient (Wildman–Crippen LogP) is 4.67. The number of carbonyl (C=O) groups excluding carboxylic acids is 3. The van der Waals surface area contributed by atoms with Crippen LogP contribution in [0.4, 0.5) is 32.0 Å². The number of ether oxygens (including phenoxy) is 1. The van der Waals surface area contributed by atoms with E-state index in [0.717, 1.165) is 21.5 Å². The van der Waals surface area contributed by atoms with Gasteiger partial charge in [-0.25, -0.2) is 4.98 Å². The van der Waals surface area contributed by atoms with E-state index < -0.39 is 71.1 Å². The lowest BCUT2D eigenvalue weighted by Crippen LogP contribution is -2.47. The van der Waals surface area contributed by atoms with Gasteiger partial charge in [0.05, 0.1) is 46.1 Å². The van der Waals surface area contributed by atoms with Gasteiger partial charge in [-0.2, -0.15) is 41.1 Å². The number of carbonyl (C=O) groups is 3. The number of anilines is 1. The monoisotopic (exact) mass is 845 g/mol. The molecule has 308 valence electrons. The fourth-order valence-corrected chi connectivity index (χ4v) is 8.22. The van der Waals surface area contributed by atoms with Crippen LogP contribution in [0, 0.1) is 22.7 Å². The van der Waals surface area contributed by atoms with E-state index in [1.54, 1.807) is 6.07 Å². The molecule has 3 aromatic heterocycles. The molecule has 1 saturated carbocycles. The van der Waals surface area contributed by atoms with Crippen molar-refractivity contribution in [3.8, 4) is 11.8 Å². The van der Waals surface area contributed by atoms with Gasteiger partial charge in [0.25, 0.3) is 11.5 Å². The number of hydrogen-bond donors (Lipinski definition) is 2. The number of alkyl halides is 6. The molecular weight excluding hydrogens is 816 g/mol. The van der Waals surface area contributed by atoms with E-state index in [-0.39, 0.29) is 97.1 Å². The van der Waals surface area contributed by atoms with Crippen molar-refractivity contribution in [2.24, 2.45) is 11.3 Å². The first-order valence-corrected chi connectivity index (χ1v) is 18.5. The highest BCUT2D eigenvalue weighted by Gasteiger charge is 2.72. The average molecular weight is 846 g/mol. The number of amides is 3. The minimum absolute atomic E-state index is 0.0120. The van der Waals surface area contributed by atoms with Crippen LogP contribution in [0.3, 0.4) is 0 Å². The van der Waals surface area contributed by atoms with Gasteiger partial charge >= 0.3 is 12.4 Å². The van der Waals surface area contributed by atoms with Gasteiger partial charge in [-0.05, 0) is 61.6 Å². The molecule has 2 unspecified atom stereocenters. The lowest BCUT2D eigenvalue weighted by molar-refractivity contribution is -0.161. The Kier molecular flexibility index (Phi) is 9.50. The van der Waals surface area contributed by atoms with Crippen LogP contribution in [-0.2, 0) is 39.3 Å². The summed E-state index contributed by atoms with van der Waals surface area (Å²) in [5, 5.41) is 26.3. The molecule has 1 saturated heterocycles. The summed E-state index contributed by atoms with van der Waals surface area (Å²) in [4.78, 5) is 65.5. The first-order chi connectivity index (χ1) is 27.9. The second-order valence-electron chi connectivity index (χ2n) is 14.7. The third-order valence-electron chi connectivity index (χ3n) is 11.2. The van der Waals surface area contributed by atoms with Crippen molar-refractivity contribution in [2.45, 2.75) is 56.8 Å². The second-order valence-corrected chi connectivity index (χ2v) is 15.1. The minimum Gasteiger partial charge on any atom is -0.505 e. The van der Waals surface area contributed by atoms with Gasteiger partial charge in [0.2, 0.25) is 17.6 Å². The first kappa shape index (κ1) is 39.8. The molecule has 6 heterocycles. The summed E-state index contributed by atoms with van der Waals surface area (Å²) in [6.07, 6.45) is -6.89. The minimum atomic E-state index is -4.71. The molecule has 2 atom stereocenters. The molecule has 1 aromatic carbocycles. The Morgan fingerprint density at radius 3 is 2.44 bits per heavy atom. The Morgan fingerprint density at radius 1 is 1.08 bits per heavy atom. The number of likely N-dealkylation sites (tertiary alicyclic amines) is 1. The van der Waals surface area contributed by atoms with Crippen molar-refractivity contribution >= 4 is 46.4 Å². The Morgan fingerprint density at radius 2 is 1.83 bits per heavy atom. The van der Waals surface area contributed by atoms with E-state index in [9.17, 15) is 55.9 Å².